The average molecular weight is 335 g/mol. The molecule has 0 atom stereocenters. The van der Waals surface area contributed by atoms with Crippen molar-refractivity contribution in [1.29, 1.82) is 0 Å². The number of methoxy groups -OCH3 is 1. The summed E-state index contributed by atoms with van der Waals surface area (Å²) in [5.74, 6) is 1.01. The van der Waals surface area contributed by atoms with Gasteiger partial charge < -0.3 is 18.9 Å². The molecule has 2 N–H and O–H groups in total. The van der Waals surface area contributed by atoms with Gasteiger partial charge in [0.05, 0.1) is 24.4 Å². The Bertz CT molecular complexity index is 1040. The number of aromatic amines is 2. The molecular formula is C14H13N3O5S. The normalized spacial score (nSPS) is 11.6. The molecular weight excluding hydrogens is 322 g/mol. The topological polar surface area (TPSA) is 114 Å². The first kappa shape index (κ1) is 15.1. The third-order valence-electron chi connectivity index (χ3n) is 3.06. The molecule has 120 valence electrons. The maximum absolute atomic E-state index is 11.3. The van der Waals surface area contributed by atoms with Crippen LogP contribution in [0.3, 0.4) is 0 Å². The number of hydrogen-bond acceptors (Lipinski definition) is 6. The summed E-state index contributed by atoms with van der Waals surface area (Å²) < 4.78 is 32.5. The SMILES string of the molecule is COc1cc(OS(C)(=O)=O)ccc1-c1nc2c[nH]c(=O)cc2[nH]1. The van der Waals surface area contributed by atoms with Crippen molar-refractivity contribution in [1.82, 2.24) is 15.0 Å². The largest absolute Gasteiger partial charge is 0.496 e. The quantitative estimate of drug-likeness (QED) is 0.694. The van der Waals surface area contributed by atoms with Crippen molar-refractivity contribution in [3.05, 3.63) is 40.8 Å². The molecule has 3 aromatic rings. The van der Waals surface area contributed by atoms with Gasteiger partial charge in [0, 0.05) is 18.3 Å². The van der Waals surface area contributed by atoms with E-state index in [1.807, 2.05) is 0 Å². The van der Waals surface area contributed by atoms with Crippen molar-refractivity contribution in [3.8, 4) is 22.9 Å². The van der Waals surface area contributed by atoms with Gasteiger partial charge in [-0.05, 0) is 12.1 Å². The van der Waals surface area contributed by atoms with Gasteiger partial charge in [0.1, 0.15) is 22.8 Å². The van der Waals surface area contributed by atoms with E-state index >= 15 is 0 Å². The summed E-state index contributed by atoms with van der Waals surface area (Å²) in [6.45, 7) is 0. The van der Waals surface area contributed by atoms with E-state index in [1.54, 1.807) is 6.07 Å². The molecule has 0 aliphatic heterocycles. The maximum atomic E-state index is 11.3. The van der Waals surface area contributed by atoms with Gasteiger partial charge in [-0.2, -0.15) is 8.42 Å². The van der Waals surface area contributed by atoms with Gasteiger partial charge >= 0.3 is 10.1 Å². The van der Waals surface area contributed by atoms with E-state index in [4.69, 9.17) is 8.92 Å². The molecule has 8 nitrogen and oxygen atoms in total. The van der Waals surface area contributed by atoms with E-state index < -0.39 is 10.1 Å². The Labute approximate surface area is 131 Å². The fraction of sp³-hybridized carbons (Fsp3) is 0.143. The summed E-state index contributed by atoms with van der Waals surface area (Å²) in [7, 11) is -2.17. The number of rotatable bonds is 4. The van der Waals surface area contributed by atoms with Gasteiger partial charge in [0.15, 0.2) is 0 Å². The molecule has 1 aromatic carbocycles. The molecule has 0 fully saturated rings. The lowest BCUT2D eigenvalue weighted by Gasteiger charge is -2.09. The first-order chi connectivity index (χ1) is 10.9. The smallest absolute Gasteiger partial charge is 0.306 e. The highest BCUT2D eigenvalue weighted by Crippen LogP contribution is 2.32. The number of pyridine rings is 1. The second kappa shape index (κ2) is 5.43. The summed E-state index contributed by atoms with van der Waals surface area (Å²) in [5, 5.41) is 0. The van der Waals surface area contributed by atoms with Gasteiger partial charge in [-0.25, -0.2) is 4.98 Å². The molecule has 0 unspecified atom stereocenters. The molecule has 0 aliphatic carbocycles. The zero-order chi connectivity index (χ0) is 16.6. The zero-order valence-corrected chi connectivity index (χ0v) is 13.1. The molecule has 2 aromatic heterocycles. The zero-order valence-electron chi connectivity index (χ0n) is 12.3. The van der Waals surface area contributed by atoms with Crippen molar-refractivity contribution < 1.29 is 17.3 Å². The lowest BCUT2D eigenvalue weighted by molar-refractivity contribution is 0.413. The first-order valence-corrected chi connectivity index (χ1v) is 8.34. The average Bonchev–Trinajstić information content (AvgIpc) is 2.88. The summed E-state index contributed by atoms with van der Waals surface area (Å²) in [5.41, 5.74) is 1.55. The highest BCUT2D eigenvalue weighted by atomic mass is 32.2. The fourth-order valence-electron chi connectivity index (χ4n) is 2.15. The van der Waals surface area contributed by atoms with Gasteiger partial charge in [0.25, 0.3) is 0 Å². The Morgan fingerprint density at radius 3 is 2.70 bits per heavy atom. The van der Waals surface area contributed by atoms with Crippen molar-refractivity contribution in [3.63, 3.8) is 0 Å². The predicted molar refractivity (Wildman–Crippen MR) is 84.2 cm³/mol. The lowest BCUT2D eigenvalue weighted by atomic mass is 10.2. The minimum atomic E-state index is -3.62. The van der Waals surface area contributed by atoms with Crippen LogP contribution in [0.15, 0.2) is 35.3 Å². The third-order valence-corrected chi connectivity index (χ3v) is 3.56. The van der Waals surface area contributed by atoms with Crippen LogP contribution in [0, 0.1) is 0 Å². The van der Waals surface area contributed by atoms with E-state index in [0.717, 1.165) is 6.26 Å². The highest BCUT2D eigenvalue weighted by Gasteiger charge is 2.14. The van der Waals surface area contributed by atoms with E-state index in [9.17, 15) is 13.2 Å². The van der Waals surface area contributed by atoms with Gasteiger partial charge in [0.2, 0.25) is 5.56 Å². The van der Waals surface area contributed by atoms with Crippen LogP contribution in [0.2, 0.25) is 0 Å². The number of nitrogens with zero attached hydrogens (tertiary/aromatic N) is 1. The van der Waals surface area contributed by atoms with Crippen molar-refractivity contribution in [2.24, 2.45) is 0 Å². The Balaban J connectivity index is 2.08. The molecule has 0 aliphatic rings. The number of benzene rings is 1. The number of nitrogens with one attached hydrogen (secondary N) is 2. The summed E-state index contributed by atoms with van der Waals surface area (Å²) in [4.78, 5) is 21.3. The first-order valence-electron chi connectivity index (χ1n) is 6.52. The van der Waals surface area contributed by atoms with Crippen LogP contribution < -0.4 is 14.5 Å². The maximum Gasteiger partial charge on any atom is 0.306 e. The van der Waals surface area contributed by atoms with E-state index in [2.05, 4.69) is 15.0 Å². The molecule has 0 saturated carbocycles. The van der Waals surface area contributed by atoms with Crippen LogP contribution in [-0.4, -0.2) is 36.7 Å². The Morgan fingerprint density at radius 2 is 2.00 bits per heavy atom. The standard InChI is InChI=1S/C14H13N3O5S/c1-21-12-5-8(22-23(2,19)20)3-4-9(12)14-16-10-6-13(18)15-7-11(10)17-14/h3-7H,1-2H3,(H,15,18)(H,16,17). The van der Waals surface area contributed by atoms with Crippen molar-refractivity contribution in [2.75, 3.05) is 13.4 Å². The van der Waals surface area contributed by atoms with Crippen LogP contribution in [-0.2, 0) is 10.1 Å². The summed E-state index contributed by atoms with van der Waals surface area (Å²) in [6, 6.07) is 5.98. The third kappa shape index (κ3) is 3.19. The van der Waals surface area contributed by atoms with Crippen LogP contribution in [0.4, 0.5) is 0 Å². The van der Waals surface area contributed by atoms with Crippen molar-refractivity contribution in [2.45, 2.75) is 0 Å². The van der Waals surface area contributed by atoms with E-state index in [-0.39, 0.29) is 11.3 Å². The number of fused-ring (bicyclic) bond motifs is 1. The molecule has 0 bridgehead atoms. The Kier molecular flexibility index (Phi) is 3.57. The number of hydrogen-bond donors (Lipinski definition) is 2. The van der Waals surface area contributed by atoms with Crippen LogP contribution in [0.1, 0.15) is 0 Å². The predicted octanol–water partition coefficient (Wildman–Crippen LogP) is 1.27. The van der Waals surface area contributed by atoms with Gasteiger partial charge in [-0.3, -0.25) is 4.79 Å². The Hall–Kier alpha value is -2.81. The van der Waals surface area contributed by atoms with Crippen molar-refractivity contribution >= 4 is 21.2 Å². The van der Waals surface area contributed by atoms with Crippen LogP contribution >= 0.6 is 0 Å². The van der Waals surface area contributed by atoms with Gasteiger partial charge in [-0.15, -0.1) is 0 Å². The van der Waals surface area contributed by atoms with Crippen LogP contribution in [0.25, 0.3) is 22.4 Å². The minimum Gasteiger partial charge on any atom is -0.496 e. The molecule has 0 spiro atoms. The lowest BCUT2D eigenvalue weighted by Crippen LogP contribution is -2.05. The van der Waals surface area contributed by atoms with Crippen LogP contribution in [0.5, 0.6) is 11.5 Å². The summed E-state index contributed by atoms with van der Waals surface area (Å²) in [6.07, 6.45) is 2.47. The minimum absolute atomic E-state index is 0.138. The fourth-order valence-corrected chi connectivity index (χ4v) is 2.61. The molecule has 23 heavy (non-hydrogen) atoms. The number of ether oxygens (including phenoxy) is 1. The summed E-state index contributed by atoms with van der Waals surface area (Å²) >= 11 is 0. The van der Waals surface area contributed by atoms with Gasteiger partial charge in [-0.1, -0.05) is 0 Å². The number of H-pyrrole nitrogens is 2. The highest BCUT2D eigenvalue weighted by molar-refractivity contribution is 7.86. The molecule has 0 saturated heterocycles. The molecule has 0 amide bonds. The Morgan fingerprint density at radius 1 is 1.22 bits per heavy atom. The van der Waals surface area contributed by atoms with E-state index in [0.29, 0.717) is 28.2 Å². The van der Waals surface area contributed by atoms with E-state index in [1.165, 1.54) is 31.5 Å². The number of aromatic nitrogens is 3. The second-order valence-electron chi connectivity index (χ2n) is 4.83. The molecule has 9 heteroatoms. The second-order valence-corrected chi connectivity index (χ2v) is 6.41. The molecule has 0 radical (unpaired) electrons. The molecule has 3 rings (SSSR count). The molecule has 2 heterocycles. The number of imidazole rings is 1. The monoisotopic (exact) mass is 335 g/mol.